The number of hydrazone groups is 1. The monoisotopic (exact) mass is 202 g/mol. The summed E-state index contributed by atoms with van der Waals surface area (Å²) in [6, 6.07) is 7.67. The second-order valence-electron chi connectivity index (χ2n) is 4.36. The molecule has 1 aromatic rings. The van der Waals surface area contributed by atoms with Crippen LogP contribution in [0.5, 0.6) is 5.75 Å². The summed E-state index contributed by atoms with van der Waals surface area (Å²) in [4.78, 5) is 0. The van der Waals surface area contributed by atoms with Crippen LogP contribution >= 0.6 is 0 Å². The lowest BCUT2D eigenvalue weighted by Gasteiger charge is -2.09. The minimum Gasteiger partial charge on any atom is -0.508 e. The van der Waals surface area contributed by atoms with E-state index < -0.39 is 0 Å². The van der Waals surface area contributed by atoms with Gasteiger partial charge in [0.15, 0.2) is 0 Å². The van der Waals surface area contributed by atoms with Crippen LogP contribution in [0.1, 0.15) is 30.9 Å². The summed E-state index contributed by atoms with van der Waals surface area (Å²) in [6.07, 6.45) is 3.59. The highest BCUT2D eigenvalue weighted by molar-refractivity contribution is 5.90. The Morgan fingerprint density at radius 3 is 2.93 bits per heavy atom. The Hall–Kier alpha value is -1.51. The third kappa shape index (κ3) is 1.69. The zero-order chi connectivity index (χ0) is 10.3. The SMILES string of the molecule is Oc1cccc(C2CC(C3CC3)=NN2)c1. The Labute approximate surface area is 88.8 Å². The molecule has 15 heavy (non-hydrogen) atoms. The van der Waals surface area contributed by atoms with Gasteiger partial charge in [-0.2, -0.15) is 5.10 Å². The topological polar surface area (TPSA) is 44.6 Å². The van der Waals surface area contributed by atoms with Gasteiger partial charge in [-0.25, -0.2) is 0 Å². The molecule has 1 fully saturated rings. The molecule has 0 bridgehead atoms. The first-order chi connectivity index (χ1) is 7.33. The van der Waals surface area contributed by atoms with E-state index in [1.165, 1.54) is 18.6 Å². The van der Waals surface area contributed by atoms with E-state index in [1.807, 2.05) is 18.2 Å². The summed E-state index contributed by atoms with van der Waals surface area (Å²) >= 11 is 0. The molecular weight excluding hydrogens is 188 g/mol. The highest BCUT2D eigenvalue weighted by atomic mass is 16.3. The van der Waals surface area contributed by atoms with Crippen LogP contribution < -0.4 is 5.43 Å². The van der Waals surface area contributed by atoms with Crippen molar-refractivity contribution < 1.29 is 5.11 Å². The minimum absolute atomic E-state index is 0.257. The van der Waals surface area contributed by atoms with Gasteiger partial charge in [-0.1, -0.05) is 12.1 Å². The van der Waals surface area contributed by atoms with Crippen molar-refractivity contribution in [1.82, 2.24) is 5.43 Å². The van der Waals surface area contributed by atoms with Crippen molar-refractivity contribution in [2.75, 3.05) is 0 Å². The fourth-order valence-corrected chi connectivity index (χ4v) is 2.07. The highest BCUT2D eigenvalue weighted by Crippen LogP contribution is 2.36. The normalized spacial score (nSPS) is 24.8. The smallest absolute Gasteiger partial charge is 0.115 e. The number of phenols is 1. The number of benzene rings is 1. The predicted molar refractivity (Wildman–Crippen MR) is 58.8 cm³/mol. The van der Waals surface area contributed by atoms with Gasteiger partial charge < -0.3 is 10.5 Å². The predicted octanol–water partition coefficient (Wildman–Crippen LogP) is 2.19. The lowest BCUT2D eigenvalue weighted by Crippen LogP contribution is -2.09. The van der Waals surface area contributed by atoms with Gasteiger partial charge in [-0.3, -0.25) is 0 Å². The zero-order valence-electron chi connectivity index (χ0n) is 8.48. The van der Waals surface area contributed by atoms with Crippen molar-refractivity contribution in [3.05, 3.63) is 29.8 Å². The van der Waals surface area contributed by atoms with E-state index in [9.17, 15) is 5.11 Å². The number of hydrogen-bond donors (Lipinski definition) is 2. The molecule has 3 heteroatoms. The second-order valence-corrected chi connectivity index (χ2v) is 4.36. The van der Waals surface area contributed by atoms with E-state index in [0.29, 0.717) is 5.75 Å². The quantitative estimate of drug-likeness (QED) is 0.772. The Morgan fingerprint density at radius 1 is 1.33 bits per heavy atom. The largest absolute Gasteiger partial charge is 0.508 e. The molecule has 0 radical (unpaired) electrons. The molecule has 2 N–H and O–H groups in total. The van der Waals surface area contributed by atoms with Crippen LogP contribution in [0.4, 0.5) is 0 Å². The van der Waals surface area contributed by atoms with Crippen LogP contribution in [0, 0.1) is 5.92 Å². The number of nitrogens with one attached hydrogen (secondary N) is 1. The molecule has 1 heterocycles. The number of rotatable bonds is 2. The average Bonchev–Trinajstić information content (AvgIpc) is 2.97. The van der Waals surface area contributed by atoms with Gasteiger partial charge in [-0.15, -0.1) is 0 Å². The van der Waals surface area contributed by atoms with Crippen molar-refractivity contribution in [3.63, 3.8) is 0 Å². The van der Waals surface area contributed by atoms with Gasteiger partial charge in [0.25, 0.3) is 0 Å². The molecule has 78 valence electrons. The molecule has 0 spiro atoms. The zero-order valence-corrected chi connectivity index (χ0v) is 8.48. The van der Waals surface area contributed by atoms with Gasteiger partial charge >= 0.3 is 0 Å². The van der Waals surface area contributed by atoms with Crippen LogP contribution in [0.25, 0.3) is 0 Å². The third-order valence-electron chi connectivity index (χ3n) is 3.10. The van der Waals surface area contributed by atoms with Gasteiger partial charge in [-0.05, 0) is 36.5 Å². The molecule has 2 aliphatic rings. The average molecular weight is 202 g/mol. The van der Waals surface area contributed by atoms with E-state index in [2.05, 4.69) is 10.5 Å². The van der Waals surface area contributed by atoms with Crippen LogP contribution in [0.15, 0.2) is 29.4 Å². The lowest BCUT2D eigenvalue weighted by atomic mass is 10.0. The van der Waals surface area contributed by atoms with Gasteiger partial charge in [0.2, 0.25) is 0 Å². The molecular formula is C12H14N2O. The third-order valence-corrected chi connectivity index (χ3v) is 3.10. The van der Waals surface area contributed by atoms with Crippen LogP contribution in [0.3, 0.4) is 0 Å². The molecule has 3 rings (SSSR count). The lowest BCUT2D eigenvalue weighted by molar-refractivity contribution is 0.472. The Bertz CT molecular complexity index is 410. The van der Waals surface area contributed by atoms with Gasteiger partial charge in [0, 0.05) is 12.1 Å². The molecule has 1 unspecified atom stereocenters. The fourth-order valence-electron chi connectivity index (χ4n) is 2.07. The van der Waals surface area contributed by atoms with E-state index in [0.717, 1.165) is 17.9 Å². The molecule has 1 saturated carbocycles. The molecule has 0 amide bonds. The maximum absolute atomic E-state index is 9.40. The second kappa shape index (κ2) is 3.26. The molecule has 1 aliphatic heterocycles. The Kier molecular flexibility index (Phi) is 1.91. The van der Waals surface area contributed by atoms with Crippen molar-refractivity contribution in [2.45, 2.75) is 25.3 Å². The summed E-state index contributed by atoms with van der Waals surface area (Å²) < 4.78 is 0. The van der Waals surface area contributed by atoms with E-state index in [1.54, 1.807) is 6.07 Å². The standard InChI is InChI=1S/C12H14N2O/c15-10-3-1-2-9(6-10)12-7-11(13-14-12)8-4-5-8/h1-3,6,8,12,14-15H,4-5,7H2. The maximum atomic E-state index is 9.40. The van der Waals surface area contributed by atoms with Crippen molar-refractivity contribution in [1.29, 1.82) is 0 Å². The summed E-state index contributed by atoms with van der Waals surface area (Å²) in [5.74, 6) is 1.06. The van der Waals surface area contributed by atoms with Crippen molar-refractivity contribution in [3.8, 4) is 5.75 Å². The Morgan fingerprint density at radius 2 is 2.20 bits per heavy atom. The first-order valence-corrected chi connectivity index (χ1v) is 5.44. The Balaban J connectivity index is 1.75. The first-order valence-electron chi connectivity index (χ1n) is 5.44. The van der Waals surface area contributed by atoms with Gasteiger partial charge in [0.05, 0.1) is 6.04 Å². The van der Waals surface area contributed by atoms with Crippen molar-refractivity contribution in [2.24, 2.45) is 11.0 Å². The van der Waals surface area contributed by atoms with E-state index in [4.69, 9.17) is 0 Å². The summed E-state index contributed by atoms with van der Waals surface area (Å²) in [5, 5.41) is 13.8. The minimum atomic E-state index is 0.257. The van der Waals surface area contributed by atoms with Crippen LogP contribution in [-0.4, -0.2) is 10.8 Å². The number of phenolic OH excluding ortho intramolecular Hbond substituents is 1. The molecule has 1 atom stereocenters. The van der Waals surface area contributed by atoms with E-state index in [-0.39, 0.29) is 6.04 Å². The molecule has 1 aromatic carbocycles. The maximum Gasteiger partial charge on any atom is 0.115 e. The van der Waals surface area contributed by atoms with Crippen LogP contribution in [0.2, 0.25) is 0 Å². The summed E-state index contributed by atoms with van der Waals surface area (Å²) in [6.45, 7) is 0. The van der Waals surface area contributed by atoms with Crippen LogP contribution in [-0.2, 0) is 0 Å². The van der Waals surface area contributed by atoms with E-state index >= 15 is 0 Å². The van der Waals surface area contributed by atoms with Gasteiger partial charge in [0.1, 0.15) is 5.75 Å². The summed E-state index contributed by atoms with van der Waals surface area (Å²) in [7, 11) is 0. The molecule has 1 aliphatic carbocycles. The molecule has 3 nitrogen and oxygen atoms in total. The number of aromatic hydroxyl groups is 1. The fraction of sp³-hybridized carbons (Fsp3) is 0.417. The highest BCUT2D eigenvalue weighted by Gasteiger charge is 2.32. The first kappa shape index (κ1) is 8.77. The number of hydrogen-bond acceptors (Lipinski definition) is 3. The van der Waals surface area contributed by atoms with Crippen molar-refractivity contribution >= 4 is 5.71 Å². The molecule has 0 saturated heterocycles. The summed E-state index contributed by atoms with van der Waals surface area (Å²) in [5.41, 5.74) is 5.58. The molecule has 0 aromatic heterocycles. The number of nitrogens with zero attached hydrogens (tertiary/aromatic N) is 1.